The number of ether oxygens (including phenoxy) is 1. The van der Waals surface area contributed by atoms with Crippen molar-refractivity contribution in [2.24, 2.45) is 11.8 Å². The van der Waals surface area contributed by atoms with Crippen LogP contribution >= 0.6 is 0 Å². The molecule has 5 heteroatoms. The molecule has 1 aliphatic rings. The molecule has 0 bridgehead atoms. The molecule has 1 fully saturated rings. The lowest BCUT2D eigenvalue weighted by Crippen LogP contribution is -2.37. The highest BCUT2D eigenvalue weighted by molar-refractivity contribution is 5.83. The number of hydrogen-bond acceptors (Lipinski definition) is 3. The van der Waals surface area contributed by atoms with Gasteiger partial charge in [0, 0.05) is 6.61 Å². The van der Waals surface area contributed by atoms with Crippen LogP contribution in [0.3, 0.4) is 0 Å². The fraction of sp³-hybridized carbons (Fsp3) is 0.500. The zero-order valence-electron chi connectivity index (χ0n) is 12.3. The van der Waals surface area contributed by atoms with Crippen LogP contribution in [0.4, 0.5) is 0 Å². The second kappa shape index (κ2) is 6.72. The van der Waals surface area contributed by atoms with Gasteiger partial charge in [-0.15, -0.1) is 0 Å². The second-order valence-corrected chi connectivity index (χ2v) is 5.36. The van der Waals surface area contributed by atoms with Crippen molar-refractivity contribution < 1.29 is 19.4 Å². The number of hydrogen-bond donors (Lipinski definition) is 2. The van der Waals surface area contributed by atoms with Crippen molar-refractivity contribution in [1.29, 1.82) is 0 Å². The quantitative estimate of drug-likeness (QED) is 0.805. The third-order valence-corrected chi connectivity index (χ3v) is 3.80. The molecule has 5 nitrogen and oxygen atoms in total. The van der Waals surface area contributed by atoms with Gasteiger partial charge in [-0.1, -0.05) is 30.3 Å². The zero-order chi connectivity index (χ0) is 15.4. The number of amides is 1. The number of aliphatic carboxylic acids is 1. The van der Waals surface area contributed by atoms with Gasteiger partial charge in [0.2, 0.25) is 5.91 Å². The number of benzene rings is 1. The molecule has 0 aliphatic heterocycles. The maximum absolute atomic E-state index is 12.2. The molecule has 1 saturated carbocycles. The maximum Gasteiger partial charge on any atom is 0.308 e. The summed E-state index contributed by atoms with van der Waals surface area (Å²) in [4.78, 5) is 23.5. The summed E-state index contributed by atoms with van der Waals surface area (Å²) in [6, 6.07) is 8.67. The Hall–Kier alpha value is -1.88. The molecule has 1 aromatic rings. The Kier molecular flexibility index (Phi) is 4.96. The van der Waals surface area contributed by atoms with Gasteiger partial charge in [0.25, 0.3) is 0 Å². The Bertz CT molecular complexity index is 502. The smallest absolute Gasteiger partial charge is 0.308 e. The summed E-state index contributed by atoms with van der Waals surface area (Å²) in [7, 11) is 0. The molecule has 2 rings (SSSR count). The van der Waals surface area contributed by atoms with Crippen molar-refractivity contribution in [3.8, 4) is 0 Å². The molecule has 0 radical (unpaired) electrons. The van der Waals surface area contributed by atoms with Crippen LogP contribution in [0.15, 0.2) is 30.3 Å². The minimum Gasteiger partial charge on any atom is -0.481 e. The van der Waals surface area contributed by atoms with Crippen LogP contribution in [0.5, 0.6) is 0 Å². The first kappa shape index (κ1) is 15.5. The predicted octanol–water partition coefficient (Wildman–Crippen LogP) is 1.99. The molecule has 2 N–H and O–H groups in total. The average Bonchev–Trinajstić information content (AvgIpc) is 3.24. The lowest BCUT2D eigenvalue weighted by atomic mass is 9.94. The summed E-state index contributed by atoms with van der Waals surface area (Å²) in [5, 5.41) is 12.1. The summed E-state index contributed by atoms with van der Waals surface area (Å²) in [5.41, 5.74) is 0.800. The summed E-state index contributed by atoms with van der Waals surface area (Å²) >= 11 is 0. The molecule has 0 saturated heterocycles. The van der Waals surface area contributed by atoms with E-state index in [1.165, 1.54) is 0 Å². The van der Waals surface area contributed by atoms with E-state index in [9.17, 15) is 14.7 Å². The van der Waals surface area contributed by atoms with Crippen LogP contribution in [0.2, 0.25) is 0 Å². The molecule has 0 aromatic heterocycles. The first-order valence-corrected chi connectivity index (χ1v) is 7.24. The molecule has 114 valence electrons. The number of nitrogens with one attached hydrogen (secondary N) is 1. The van der Waals surface area contributed by atoms with Crippen LogP contribution in [0.1, 0.15) is 31.9 Å². The Morgan fingerprint density at radius 3 is 2.62 bits per heavy atom. The van der Waals surface area contributed by atoms with Gasteiger partial charge in [-0.3, -0.25) is 9.59 Å². The molecule has 0 unspecified atom stereocenters. The predicted molar refractivity (Wildman–Crippen MR) is 77.6 cm³/mol. The highest BCUT2D eigenvalue weighted by Crippen LogP contribution is 2.35. The minimum atomic E-state index is -0.929. The van der Waals surface area contributed by atoms with Crippen LogP contribution < -0.4 is 5.32 Å². The Balaban J connectivity index is 2.07. The maximum atomic E-state index is 12.2. The SMILES string of the molecule is CCO[C@@H]1C[C@@H]1C(=O)N[C@H](c1ccccc1)[C@@H](C)C(=O)O. The number of carbonyl (C=O) groups excluding carboxylic acids is 1. The number of carboxylic acid groups (broad SMARTS) is 1. The van der Waals surface area contributed by atoms with Gasteiger partial charge in [-0.05, 0) is 25.8 Å². The van der Waals surface area contributed by atoms with Crippen LogP contribution in [0, 0.1) is 11.8 Å². The van der Waals surface area contributed by atoms with Gasteiger partial charge in [0.15, 0.2) is 0 Å². The van der Waals surface area contributed by atoms with Crippen molar-refractivity contribution in [1.82, 2.24) is 5.32 Å². The van der Waals surface area contributed by atoms with Gasteiger partial charge in [0.1, 0.15) is 0 Å². The van der Waals surface area contributed by atoms with Crippen molar-refractivity contribution in [3.05, 3.63) is 35.9 Å². The van der Waals surface area contributed by atoms with Gasteiger partial charge >= 0.3 is 5.97 Å². The molecule has 1 aliphatic carbocycles. The molecule has 0 spiro atoms. The van der Waals surface area contributed by atoms with Gasteiger partial charge in [-0.25, -0.2) is 0 Å². The third-order valence-electron chi connectivity index (χ3n) is 3.80. The standard InChI is InChI=1S/C16H21NO4/c1-3-21-13-9-12(13)15(18)17-14(10(2)16(19)20)11-7-5-4-6-8-11/h4-8,10,12-14H,3,9H2,1-2H3,(H,17,18)(H,19,20)/t10-,12+,13-,14+/m1/s1. The van der Waals surface area contributed by atoms with E-state index in [0.29, 0.717) is 13.0 Å². The van der Waals surface area contributed by atoms with Crippen LogP contribution in [-0.2, 0) is 14.3 Å². The van der Waals surface area contributed by atoms with E-state index in [1.54, 1.807) is 6.92 Å². The lowest BCUT2D eigenvalue weighted by molar-refractivity contribution is -0.142. The van der Waals surface area contributed by atoms with Crippen LogP contribution in [-0.4, -0.2) is 29.7 Å². The topological polar surface area (TPSA) is 75.6 Å². The number of carbonyl (C=O) groups is 2. The van der Waals surface area contributed by atoms with Crippen LogP contribution in [0.25, 0.3) is 0 Å². The third kappa shape index (κ3) is 3.82. The van der Waals surface area contributed by atoms with Crippen molar-refractivity contribution >= 4 is 11.9 Å². The first-order chi connectivity index (χ1) is 10.0. The summed E-state index contributed by atoms with van der Waals surface area (Å²) in [6.07, 6.45) is 0.689. The van der Waals surface area contributed by atoms with Gasteiger partial charge in [-0.2, -0.15) is 0 Å². The highest BCUT2D eigenvalue weighted by atomic mass is 16.5. The fourth-order valence-electron chi connectivity index (χ4n) is 2.41. The van der Waals surface area contributed by atoms with E-state index >= 15 is 0 Å². The Labute approximate surface area is 124 Å². The first-order valence-electron chi connectivity index (χ1n) is 7.24. The Morgan fingerprint density at radius 1 is 1.38 bits per heavy atom. The monoisotopic (exact) mass is 291 g/mol. The van der Waals surface area contributed by atoms with Crippen molar-refractivity contribution in [3.63, 3.8) is 0 Å². The molecule has 1 amide bonds. The van der Waals surface area contributed by atoms with E-state index in [-0.39, 0.29) is 17.9 Å². The second-order valence-electron chi connectivity index (χ2n) is 5.36. The summed E-state index contributed by atoms with van der Waals surface area (Å²) < 4.78 is 5.40. The molecule has 0 heterocycles. The molecule has 1 aromatic carbocycles. The van der Waals surface area contributed by atoms with Gasteiger partial charge < -0.3 is 15.2 Å². The molecular weight excluding hydrogens is 270 g/mol. The summed E-state index contributed by atoms with van der Waals surface area (Å²) in [6.45, 7) is 4.09. The summed E-state index contributed by atoms with van der Waals surface area (Å²) in [5.74, 6) is -1.91. The van der Waals surface area contributed by atoms with E-state index in [4.69, 9.17) is 4.74 Å². The van der Waals surface area contributed by atoms with Crippen molar-refractivity contribution in [2.75, 3.05) is 6.61 Å². The largest absolute Gasteiger partial charge is 0.481 e. The van der Waals surface area contributed by atoms with Crippen molar-refractivity contribution in [2.45, 2.75) is 32.4 Å². The highest BCUT2D eigenvalue weighted by Gasteiger charge is 2.45. The lowest BCUT2D eigenvalue weighted by Gasteiger charge is -2.23. The zero-order valence-corrected chi connectivity index (χ0v) is 12.3. The molecular formula is C16H21NO4. The van der Waals surface area contributed by atoms with Gasteiger partial charge in [0.05, 0.1) is 24.0 Å². The normalized spacial score (nSPS) is 23.1. The molecule has 21 heavy (non-hydrogen) atoms. The van der Waals surface area contributed by atoms with E-state index in [0.717, 1.165) is 5.56 Å². The fourth-order valence-corrected chi connectivity index (χ4v) is 2.41. The molecule has 4 atom stereocenters. The average molecular weight is 291 g/mol. The van der Waals surface area contributed by atoms with E-state index in [2.05, 4.69) is 5.32 Å². The van der Waals surface area contributed by atoms with E-state index < -0.39 is 17.9 Å². The number of rotatable bonds is 7. The Morgan fingerprint density at radius 2 is 2.05 bits per heavy atom. The minimum absolute atomic E-state index is 0.0217. The number of carboxylic acids is 1. The van der Waals surface area contributed by atoms with E-state index in [1.807, 2.05) is 37.3 Å².